The Morgan fingerprint density at radius 3 is 2.52 bits per heavy atom. The molecular weight excluding hydrogens is 356 g/mol. The molecule has 0 aliphatic heterocycles. The van der Waals surface area contributed by atoms with Crippen LogP contribution in [0.3, 0.4) is 0 Å². The summed E-state index contributed by atoms with van der Waals surface area (Å²) in [6.45, 7) is 5.41. The third-order valence-electron chi connectivity index (χ3n) is 3.72. The molecule has 0 radical (unpaired) electrons. The minimum atomic E-state index is -0.604. The molecule has 9 nitrogen and oxygen atoms in total. The third kappa shape index (κ3) is 7.22. The number of rotatable bonds is 12. The summed E-state index contributed by atoms with van der Waals surface area (Å²) >= 11 is 0. The average molecular weight is 382 g/mol. The van der Waals surface area contributed by atoms with Crippen LogP contribution in [0.15, 0.2) is 18.2 Å². The molecule has 0 atom stereocenters. The van der Waals surface area contributed by atoms with Crippen LogP contribution in [0.2, 0.25) is 0 Å². The summed E-state index contributed by atoms with van der Waals surface area (Å²) in [5.41, 5.74) is -0.134. The van der Waals surface area contributed by atoms with E-state index in [9.17, 15) is 19.7 Å². The second-order valence-electron chi connectivity index (χ2n) is 5.54. The molecule has 0 saturated carbocycles. The van der Waals surface area contributed by atoms with Gasteiger partial charge >= 0.3 is 11.7 Å². The van der Waals surface area contributed by atoms with Gasteiger partial charge in [-0.1, -0.05) is 0 Å². The highest BCUT2D eigenvalue weighted by Gasteiger charge is 2.22. The largest absolute Gasteiger partial charge is 0.490 e. The molecule has 150 valence electrons. The molecular formula is C18H26N2O7. The van der Waals surface area contributed by atoms with E-state index in [-0.39, 0.29) is 36.6 Å². The lowest BCUT2D eigenvalue weighted by molar-refractivity contribution is -0.385. The van der Waals surface area contributed by atoms with Gasteiger partial charge in [0.25, 0.3) is 5.91 Å². The van der Waals surface area contributed by atoms with Gasteiger partial charge in [0.05, 0.1) is 25.1 Å². The maximum absolute atomic E-state index is 12.8. The Hall–Kier alpha value is -2.68. The third-order valence-corrected chi connectivity index (χ3v) is 3.72. The Balaban J connectivity index is 2.94. The van der Waals surface area contributed by atoms with E-state index in [1.807, 2.05) is 6.92 Å². The highest BCUT2D eigenvalue weighted by molar-refractivity contribution is 5.95. The number of esters is 1. The number of amides is 1. The van der Waals surface area contributed by atoms with Crippen molar-refractivity contribution in [2.75, 3.05) is 40.0 Å². The minimum absolute atomic E-state index is 0.0481. The Bertz CT molecular complexity index is 649. The lowest BCUT2D eigenvalue weighted by atomic mass is 10.1. The molecule has 0 spiro atoms. The van der Waals surface area contributed by atoms with E-state index in [1.54, 1.807) is 6.92 Å². The van der Waals surface area contributed by atoms with Crippen LogP contribution in [0.5, 0.6) is 5.75 Å². The Kier molecular flexibility index (Phi) is 9.81. The first-order chi connectivity index (χ1) is 12.9. The maximum Gasteiger partial charge on any atom is 0.311 e. The maximum atomic E-state index is 12.8. The van der Waals surface area contributed by atoms with Crippen molar-refractivity contribution < 1.29 is 28.7 Å². The van der Waals surface area contributed by atoms with Crippen molar-refractivity contribution in [1.29, 1.82) is 0 Å². The van der Waals surface area contributed by atoms with Crippen LogP contribution in [0.1, 0.15) is 37.0 Å². The molecule has 0 aliphatic carbocycles. The van der Waals surface area contributed by atoms with E-state index in [4.69, 9.17) is 14.2 Å². The van der Waals surface area contributed by atoms with Crippen LogP contribution in [0.4, 0.5) is 5.69 Å². The zero-order chi connectivity index (χ0) is 20.2. The fourth-order valence-corrected chi connectivity index (χ4v) is 2.42. The summed E-state index contributed by atoms with van der Waals surface area (Å²) in [6.07, 6.45) is 0.632. The molecule has 1 aromatic carbocycles. The fraction of sp³-hybridized carbons (Fsp3) is 0.556. The number of carbonyl (C=O) groups is 2. The number of nitrogens with zero attached hydrogens (tertiary/aromatic N) is 2. The van der Waals surface area contributed by atoms with Crippen LogP contribution in [-0.2, 0) is 14.3 Å². The average Bonchev–Trinajstić information content (AvgIpc) is 2.66. The summed E-state index contributed by atoms with van der Waals surface area (Å²) in [7, 11) is 1.32. The van der Waals surface area contributed by atoms with Crippen molar-refractivity contribution >= 4 is 17.6 Å². The van der Waals surface area contributed by atoms with Crippen molar-refractivity contribution in [3.05, 3.63) is 33.9 Å². The van der Waals surface area contributed by atoms with E-state index >= 15 is 0 Å². The van der Waals surface area contributed by atoms with E-state index in [0.29, 0.717) is 26.2 Å². The number of nitro groups is 1. The lowest BCUT2D eigenvalue weighted by Gasteiger charge is -2.22. The SMILES string of the molecule is CCOCCCN(CCC(=O)OCC)C(=O)c1ccc(OC)c([N+](=O)[O-])c1. The van der Waals surface area contributed by atoms with Crippen LogP contribution in [-0.4, -0.2) is 61.7 Å². The van der Waals surface area contributed by atoms with Gasteiger partial charge in [0, 0.05) is 37.9 Å². The molecule has 1 rings (SSSR count). The number of ether oxygens (including phenoxy) is 3. The van der Waals surface area contributed by atoms with Gasteiger partial charge in [0.15, 0.2) is 5.75 Å². The molecule has 0 aromatic heterocycles. The van der Waals surface area contributed by atoms with Gasteiger partial charge in [-0.2, -0.15) is 0 Å². The summed E-state index contributed by atoms with van der Waals surface area (Å²) in [5, 5.41) is 11.2. The summed E-state index contributed by atoms with van der Waals surface area (Å²) < 4.78 is 15.1. The monoisotopic (exact) mass is 382 g/mol. The second kappa shape index (κ2) is 11.8. The molecule has 0 bridgehead atoms. The predicted molar refractivity (Wildman–Crippen MR) is 97.9 cm³/mol. The molecule has 1 amide bonds. The molecule has 0 N–H and O–H groups in total. The molecule has 0 saturated heterocycles. The van der Waals surface area contributed by atoms with Crippen molar-refractivity contribution in [2.45, 2.75) is 26.7 Å². The topological polar surface area (TPSA) is 108 Å². The van der Waals surface area contributed by atoms with Gasteiger partial charge < -0.3 is 19.1 Å². The van der Waals surface area contributed by atoms with Gasteiger partial charge in [0.1, 0.15) is 0 Å². The highest BCUT2D eigenvalue weighted by Crippen LogP contribution is 2.28. The second-order valence-corrected chi connectivity index (χ2v) is 5.54. The quantitative estimate of drug-likeness (QED) is 0.236. The van der Waals surface area contributed by atoms with Gasteiger partial charge in [-0.3, -0.25) is 19.7 Å². The van der Waals surface area contributed by atoms with Crippen molar-refractivity contribution in [2.24, 2.45) is 0 Å². The Morgan fingerprint density at radius 2 is 1.93 bits per heavy atom. The van der Waals surface area contributed by atoms with Crippen LogP contribution >= 0.6 is 0 Å². The Labute approximate surface area is 158 Å². The van der Waals surface area contributed by atoms with E-state index in [0.717, 1.165) is 0 Å². The molecule has 0 unspecified atom stereocenters. The van der Waals surface area contributed by atoms with Crippen molar-refractivity contribution in [3.63, 3.8) is 0 Å². The summed E-state index contributed by atoms with van der Waals surface area (Å²) in [5.74, 6) is -0.728. The number of hydrogen-bond acceptors (Lipinski definition) is 7. The summed E-state index contributed by atoms with van der Waals surface area (Å²) in [6, 6.07) is 4.03. The first-order valence-electron chi connectivity index (χ1n) is 8.79. The normalized spacial score (nSPS) is 10.3. The molecule has 0 heterocycles. The summed E-state index contributed by atoms with van der Waals surface area (Å²) in [4.78, 5) is 36.5. The van der Waals surface area contributed by atoms with Gasteiger partial charge in [-0.15, -0.1) is 0 Å². The standard InChI is InChI=1S/C18H26N2O7/c1-4-26-12-6-10-19(11-9-17(21)27-5-2)18(22)14-7-8-16(25-3)15(13-14)20(23)24/h7-8,13H,4-6,9-12H2,1-3H3. The van der Waals surface area contributed by atoms with Crippen molar-refractivity contribution in [1.82, 2.24) is 4.90 Å². The van der Waals surface area contributed by atoms with E-state index in [2.05, 4.69) is 0 Å². The van der Waals surface area contributed by atoms with Gasteiger partial charge in [-0.25, -0.2) is 0 Å². The van der Waals surface area contributed by atoms with E-state index < -0.39 is 16.8 Å². The number of nitro benzene ring substituents is 1. The number of carbonyl (C=O) groups excluding carboxylic acids is 2. The molecule has 9 heteroatoms. The zero-order valence-corrected chi connectivity index (χ0v) is 15.9. The number of benzene rings is 1. The lowest BCUT2D eigenvalue weighted by Crippen LogP contribution is -2.34. The van der Waals surface area contributed by atoms with Gasteiger partial charge in [0.2, 0.25) is 0 Å². The van der Waals surface area contributed by atoms with Crippen molar-refractivity contribution in [3.8, 4) is 5.75 Å². The molecule has 0 aliphatic rings. The van der Waals surface area contributed by atoms with Crippen LogP contribution in [0.25, 0.3) is 0 Å². The highest BCUT2D eigenvalue weighted by atomic mass is 16.6. The van der Waals surface area contributed by atoms with Crippen LogP contribution < -0.4 is 4.74 Å². The number of methoxy groups -OCH3 is 1. The van der Waals surface area contributed by atoms with E-state index in [1.165, 1.54) is 30.2 Å². The predicted octanol–water partition coefficient (Wildman–Crippen LogP) is 2.43. The number of hydrogen-bond donors (Lipinski definition) is 0. The smallest absolute Gasteiger partial charge is 0.311 e. The first kappa shape index (κ1) is 22.4. The first-order valence-corrected chi connectivity index (χ1v) is 8.79. The zero-order valence-electron chi connectivity index (χ0n) is 15.9. The molecule has 1 aromatic rings. The molecule has 0 fully saturated rings. The molecule has 27 heavy (non-hydrogen) atoms. The fourth-order valence-electron chi connectivity index (χ4n) is 2.42. The Morgan fingerprint density at radius 1 is 1.19 bits per heavy atom. The minimum Gasteiger partial charge on any atom is -0.490 e. The van der Waals surface area contributed by atoms with Gasteiger partial charge in [-0.05, 0) is 32.4 Å². The van der Waals surface area contributed by atoms with Crippen LogP contribution in [0, 0.1) is 10.1 Å².